The maximum atomic E-state index is 10.5. The number of ether oxygens (including phenoxy) is 1. The Balaban J connectivity index is 2.10. The fourth-order valence-electron chi connectivity index (χ4n) is 1.35. The molecule has 0 fully saturated rings. The molecule has 0 amide bonds. The highest BCUT2D eigenvalue weighted by Crippen LogP contribution is 2.22. The molecule has 2 rings (SSSR count). The molecule has 2 aromatic rings. The first kappa shape index (κ1) is 11.8. The number of nitrogens with one attached hydrogen (secondary N) is 1. The average molecular weight is 245 g/mol. The van der Waals surface area contributed by atoms with Crippen LogP contribution in [0.2, 0.25) is 0 Å². The monoisotopic (exact) mass is 245 g/mol. The highest BCUT2D eigenvalue weighted by molar-refractivity contribution is 5.46. The Bertz CT molecular complexity index is 537. The van der Waals surface area contributed by atoms with Gasteiger partial charge < -0.3 is 10.1 Å². The second-order valence-corrected chi connectivity index (χ2v) is 3.49. The summed E-state index contributed by atoms with van der Waals surface area (Å²) >= 11 is 0. The van der Waals surface area contributed by atoms with Crippen LogP contribution < -0.4 is 10.1 Å². The van der Waals surface area contributed by atoms with E-state index in [0.29, 0.717) is 11.6 Å². The van der Waals surface area contributed by atoms with Gasteiger partial charge in [0, 0.05) is 24.9 Å². The SMILES string of the molecule is CNc1ccc(Oc2ccc([N+](=O)[O-])cn2)cc1. The van der Waals surface area contributed by atoms with Crippen LogP contribution in [0.25, 0.3) is 0 Å². The molecule has 6 heteroatoms. The molecule has 1 aromatic heterocycles. The minimum Gasteiger partial charge on any atom is -0.439 e. The summed E-state index contributed by atoms with van der Waals surface area (Å²) in [6.07, 6.45) is 1.16. The predicted molar refractivity (Wildman–Crippen MR) is 67.0 cm³/mol. The van der Waals surface area contributed by atoms with Crippen molar-refractivity contribution in [3.05, 3.63) is 52.7 Å². The second-order valence-electron chi connectivity index (χ2n) is 3.49. The lowest BCUT2D eigenvalue weighted by molar-refractivity contribution is -0.385. The highest BCUT2D eigenvalue weighted by atomic mass is 16.6. The fourth-order valence-corrected chi connectivity index (χ4v) is 1.35. The van der Waals surface area contributed by atoms with Crippen LogP contribution in [0.15, 0.2) is 42.6 Å². The number of rotatable bonds is 4. The first-order valence-corrected chi connectivity index (χ1v) is 5.25. The standard InChI is InChI=1S/C12H11N3O3/c1-13-9-2-5-11(6-3-9)18-12-7-4-10(8-14-12)15(16)17/h2-8,13H,1H3. The lowest BCUT2D eigenvalue weighted by atomic mass is 10.3. The molecule has 0 aliphatic heterocycles. The number of nitro groups is 1. The quantitative estimate of drug-likeness (QED) is 0.662. The Morgan fingerprint density at radius 2 is 1.94 bits per heavy atom. The molecule has 0 bridgehead atoms. The van der Waals surface area contributed by atoms with Gasteiger partial charge in [-0.05, 0) is 24.3 Å². The summed E-state index contributed by atoms with van der Waals surface area (Å²) in [5.41, 5.74) is 0.909. The maximum absolute atomic E-state index is 10.5. The number of hydrogen-bond donors (Lipinski definition) is 1. The van der Waals surface area contributed by atoms with Crippen molar-refractivity contribution in [2.24, 2.45) is 0 Å². The van der Waals surface area contributed by atoms with Crippen LogP contribution in [0.1, 0.15) is 0 Å². The molecule has 0 atom stereocenters. The Morgan fingerprint density at radius 3 is 2.44 bits per heavy atom. The summed E-state index contributed by atoms with van der Waals surface area (Å²) in [5, 5.41) is 13.5. The van der Waals surface area contributed by atoms with Crippen molar-refractivity contribution >= 4 is 11.4 Å². The van der Waals surface area contributed by atoms with Gasteiger partial charge in [-0.1, -0.05) is 0 Å². The summed E-state index contributed by atoms with van der Waals surface area (Å²) in [6.45, 7) is 0. The third-order valence-corrected chi connectivity index (χ3v) is 2.30. The van der Waals surface area contributed by atoms with Crippen molar-refractivity contribution < 1.29 is 9.66 Å². The first-order valence-electron chi connectivity index (χ1n) is 5.25. The molecule has 0 unspecified atom stereocenters. The van der Waals surface area contributed by atoms with E-state index in [9.17, 15) is 10.1 Å². The number of nitrogens with zero attached hydrogens (tertiary/aromatic N) is 2. The highest BCUT2D eigenvalue weighted by Gasteiger charge is 2.06. The lowest BCUT2D eigenvalue weighted by Gasteiger charge is -2.05. The number of aromatic nitrogens is 1. The molecule has 0 saturated carbocycles. The molecule has 92 valence electrons. The van der Waals surface area contributed by atoms with Crippen molar-refractivity contribution in [3.8, 4) is 11.6 Å². The second kappa shape index (κ2) is 5.13. The van der Waals surface area contributed by atoms with E-state index in [1.54, 1.807) is 12.1 Å². The van der Waals surface area contributed by atoms with Crippen molar-refractivity contribution in [1.29, 1.82) is 0 Å². The molecule has 1 heterocycles. The van der Waals surface area contributed by atoms with Crippen LogP contribution in [0.3, 0.4) is 0 Å². The van der Waals surface area contributed by atoms with Gasteiger partial charge in [-0.25, -0.2) is 4.98 Å². The largest absolute Gasteiger partial charge is 0.439 e. The molecule has 0 aliphatic carbocycles. The van der Waals surface area contributed by atoms with E-state index in [1.165, 1.54) is 12.1 Å². The van der Waals surface area contributed by atoms with E-state index in [1.807, 2.05) is 19.2 Å². The normalized spacial score (nSPS) is 9.83. The van der Waals surface area contributed by atoms with Gasteiger partial charge in [0.1, 0.15) is 11.9 Å². The van der Waals surface area contributed by atoms with Crippen molar-refractivity contribution in [2.45, 2.75) is 0 Å². The summed E-state index contributed by atoms with van der Waals surface area (Å²) < 4.78 is 5.45. The van der Waals surface area contributed by atoms with Gasteiger partial charge in [-0.15, -0.1) is 0 Å². The lowest BCUT2D eigenvalue weighted by Crippen LogP contribution is -1.92. The number of hydrogen-bond acceptors (Lipinski definition) is 5. The minimum atomic E-state index is -0.501. The van der Waals surface area contributed by atoms with E-state index in [0.717, 1.165) is 11.9 Å². The van der Waals surface area contributed by atoms with Crippen molar-refractivity contribution in [1.82, 2.24) is 4.98 Å². The number of benzene rings is 1. The molecular weight excluding hydrogens is 234 g/mol. The smallest absolute Gasteiger partial charge is 0.287 e. The van der Waals surface area contributed by atoms with E-state index < -0.39 is 4.92 Å². The number of pyridine rings is 1. The maximum Gasteiger partial charge on any atom is 0.287 e. The van der Waals surface area contributed by atoms with E-state index >= 15 is 0 Å². The fraction of sp³-hybridized carbons (Fsp3) is 0.0833. The zero-order chi connectivity index (χ0) is 13.0. The molecular formula is C12H11N3O3. The molecule has 1 N–H and O–H groups in total. The van der Waals surface area contributed by atoms with Crippen LogP contribution >= 0.6 is 0 Å². The third kappa shape index (κ3) is 2.73. The van der Waals surface area contributed by atoms with Crippen molar-refractivity contribution in [2.75, 3.05) is 12.4 Å². The zero-order valence-electron chi connectivity index (χ0n) is 9.66. The molecule has 0 aliphatic rings. The van der Waals surface area contributed by atoms with Crippen LogP contribution in [0.4, 0.5) is 11.4 Å². The van der Waals surface area contributed by atoms with Gasteiger partial charge in [-0.3, -0.25) is 10.1 Å². The Morgan fingerprint density at radius 1 is 1.22 bits per heavy atom. The third-order valence-electron chi connectivity index (χ3n) is 2.30. The van der Waals surface area contributed by atoms with Gasteiger partial charge in [0.25, 0.3) is 5.69 Å². The Labute approximate surface area is 103 Å². The molecule has 1 aromatic carbocycles. The van der Waals surface area contributed by atoms with Gasteiger partial charge in [0.05, 0.1) is 4.92 Å². The molecule has 6 nitrogen and oxygen atoms in total. The van der Waals surface area contributed by atoms with Gasteiger partial charge in [-0.2, -0.15) is 0 Å². The zero-order valence-corrected chi connectivity index (χ0v) is 9.66. The molecule has 18 heavy (non-hydrogen) atoms. The minimum absolute atomic E-state index is 0.0621. The Hall–Kier alpha value is -2.63. The first-order chi connectivity index (χ1) is 8.69. The van der Waals surface area contributed by atoms with Crippen LogP contribution in [0.5, 0.6) is 11.6 Å². The predicted octanol–water partition coefficient (Wildman–Crippen LogP) is 2.82. The van der Waals surface area contributed by atoms with Crippen LogP contribution in [0, 0.1) is 10.1 Å². The van der Waals surface area contributed by atoms with Crippen molar-refractivity contribution in [3.63, 3.8) is 0 Å². The summed E-state index contributed by atoms with van der Waals surface area (Å²) in [4.78, 5) is 13.8. The molecule has 0 saturated heterocycles. The van der Waals surface area contributed by atoms with E-state index in [2.05, 4.69) is 10.3 Å². The topological polar surface area (TPSA) is 77.3 Å². The van der Waals surface area contributed by atoms with Gasteiger partial charge in [0.2, 0.25) is 5.88 Å². The molecule has 0 spiro atoms. The van der Waals surface area contributed by atoms with Crippen LogP contribution in [-0.2, 0) is 0 Å². The van der Waals surface area contributed by atoms with Gasteiger partial charge in [0.15, 0.2) is 0 Å². The van der Waals surface area contributed by atoms with E-state index in [4.69, 9.17) is 4.74 Å². The van der Waals surface area contributed by atoms with Gasteiger partial charge >= 0.3 is 0 Å². The average Bonchev–Trinajstić information content (AvgIpc) is 2.40. The van der Waals surface area contributed by atoms with E-state index in [-0.39, 0.29) is 5.69 Å². The summed E-state index contributed by atoms with van der Waals surface area (Å²) in [7, 11) is 1.83. The Kier molecular flexibility index (Phi) is 3.38. The number of anilines is 1. The van der Waals surface area contributed by atoms with Crippen LogP contribution in [-0.4, -0.2) is 17.0 Å². The summed E-state index contributed by atoms with van der Waals surface area (Å²) in [5.74, 6) is 0.938. The molecule has 0 radical (unpaired) electrons. The summed E-state index contributed by atoms with van der Waals surface area (Å²) in [6, 6.07) is 10.1.